The van der Waals surface area contributed by atoms with Crippen molar-refractivity contribution < 1.29 is 55.0 Å². The summed E-state index contributed by atoms with van der Waals surface area (Å²) in [5.41, 5.74) is 1.96. The second-order valence-corrected chi connectivity index (χ2v) is 5.46. The summed E-state index contributed by atoms with van der Waals surface area (Å²) in [6.45, 7) is 12.5. The molecule has 0 unspecified atom stereocenters. The molecule has 0 amide bonds. The van der Waals surface area contributed by atoms with Gasteiger partial charge < -0.3 is 21.6 Å². The van der Waals surface area contributed by atoms with Crippen LogP contribution in [0.1, 0.15) is 80.1 Å². The molecule has 0 bridgehead atoms. The normalized spacial score (nSPS) is 10.5. The van der Waals surface area contributed by atoms with E-state index in [1.807, 2.05) is 13.8 Å². The molecule has 0 N–H and O–H groups in total. The van der Waals surface area contributed by atoms with Crippen LogP contribution in [0, 0.1) is 12.2 Å². The summed E-state index contributed by atoms with van der Waals surface area (Å²) in [6.07, 6.45) is 11.7. The molecule has 0 heterocycles. The molecular weight excluding hydrogens is 375 g/mol. The summed E-state index contributed by atoms with van der Waals surface area (Å²) in [5, 5.41) is 0. The van der Waals surface area contributed by atoms with Crippen molar-refractivity contribution in [2.45, 2.75) is 80.1 Å². The second kappa shape index (κ2) is 24.5. The third-order valence-electron chi connectivity index (χ3n) is 2.99. The van der Waals surface area contributed by atoms with Gasteiger partial charge in [0.1, 0.15) is 11.9 Å². The molecule has 0 fully saturated rings. The minimum atomic E-state index is -0.342. The maximum atomic E-state index is 10.9. The zero-order chi connectivity index (χ0) is 18.8. The van der Waals surface area contributed by atoms with Crippen molar-refractivity contribution >= 4 is 11.9 Å². The zero-order valence-electron chi connectivity index (χ0n) is 17.6. The molecule has 0 saturated carbocycles. The summed E-state index contributed by atoms with van der Waals surface area (Å²) in [7, 11) is 0. The Morgan fingerprint density at radius 3 is 1.27 bits per heavy atom. The van der Waals surface area contributed by atoms with Crippen LogP contribution >= 0.6 is 0 Å². The maximum absolute atomic E-state index is 10.9. The van der Waals surface area contributed by atoms with E-state index in [4.69, 9.17) is 9.47 Å². The first-order valence-corrected chi connectivity index (χ1v) is 8.93. The summed E-state index contributed by atoms with van der Waals surface area (Å²) >= 11 is 0. The van der Waals surface area contributed by atoms with Crippen LogP contribution in [0.3, 0.4) is 0 Å². The number of carbonyl (C=O) groups is 2. The average molecular weight is 409 g/mol. The van der Waals surface area contributed by atoms with Gasteiger partial charge in [-0.2, -0.15) is 0 Å². The van der Waals surface area contributed by atoms with Crippen molar-refractivity contribution in [1.82, 2.24) is 0 Å². The third-order valence-corrected chi connectivity index (χ3v) is 2.99. The van der Waals surface area contributed by atoms with Crippen LogP contribution in [0.2, 0.25) is 0 Å². The number of allylic oxidation sites excluding steroid dienone is 2. The summed E-state index contributed by atoms with van der Waals surface area (Å²) in [5.74, 6) is -0.683. The Kier molecular flexibility index (Phi) is 31.3. The van der Waals surface area contributed by atoms with Crippen molar-refractivity contribution in [1.29, 1.82) is 0 Å². The minimum Gasteiger partial charge on any atom is -0.490 e. The van der Waals surface area contributed by atoms with E-state index in [2.05, 4.69) is 26.0 Å². The standard InChI is InChI=1S/2C10H17O2.Cu.Li/c2*1-4-6-7-9(3)8-10(11)12-5-2;;/h2*4-7H2,1-3H3;;/q2*-1;2*+1. The molecule has 0 saturated heterocycles. The van der Waals surface area contributed by atoms with Gasteiger partial charge >= 0.3 is 35.9 Å². The topological polar surface area (TPSA) is 52.6 Å². The van der Waals surface area contributed by atoms with Gasteiger partial charge in [0.15, 0.2) is 0 Å². The van der Waals surface area contributed by atoms with Crippen LogP contribution in [-0.4, -0.2) is 25.2 Å². The summed E-state index contributed by atoms with van der Waals surface area (Å²) < 4.78 is 9.44. The molecule has 4 nitrogen and oxygen atoms in total. The van der Waals surface area contributed by atoms with Crippen molar-refractivity contribution in [2.24, 2.45) is 0 Å². The van der Waals surface area contributed by atoms with E-state index >= 15 is 0 Å². The van der Waals surface area contributed by atoms with Crippen LogP contribution in [0.5, 0.6) is 0 Å². The Morgan fingerprint density at radius 2 is 1.04 bits per heavy atom. The molecule has 150 valence electrons. The molecule has 26 heavy (non-hydrogen) atoms. The van der Waals surface area contributed by atoms with Gasteiger partial charge in [0.2, 0.25) is 0 Å². The molecule has 0 aliphatic carbocycles. The molecule has 0 aliphatic heterocycles. The van der Waals surface area contributed by atoms with E-state index in [1.54, 1.807) is 13.8 Å². The first kappa shape index (κ1) is 33.1. The summed E-state index contributed by atoms with van der Waals surface area (Å²) in [6, 6.07) is 0. The molecule has 0 aromatic heterocycles. The largest absolute Gasteiger partial charge is 1.00 e. The number of carbonyl (C=O) groups excluding carboxylic acids is 2. The van der Waals surface area contributed by atoms with Gasteiger partial charge in [0, 0.05) is 0 Å². The first-order chi connectivity index (χ1) is 11.4. The maximum Gasteiger partial charge on any atom is 1.00 e. The molecule has 0 atom stereocenters. The predicted molar refractivity (Wildman–Crippen MR) is 97.2 cm³/mol. The fourth-order valence-electron chi connectivity index (χ4n) is 1.69. The van der Waals surface area contributed by atoms with E-state index < -0.39 is 0 Å². The van der Waals surface area contributed by atoms with Gasteiger partial charge in [-0.05, 0) is 13.8 Å². The third kappa shape index (κ3) is 25.8. The average Bonchev–Trinajstić information content (AvgIpc) is 2.52. The van der Waals surface area contributed by atoms with Crippen LogP contribution in [0.15, 0.2) is 11.1 Å². The fraction of sp³-hybridized carbons (Fsp3) is 0.700. The molecule has 6 heteroatoms. The molecular formula is C20H34CuLiO4. The van der Waals surface area contributed by atoms with Crippen molar-refractivity contribution in [3.63, 3.8) is 0 Å². The van der Waals surface area contributed by atoms with Gasteiger partial charge in [-0.15, -0.1) is 0 Å². The molecule has 0 aliphatic rings. The van der Waals surface area contributed by atoms with Crippen LogP contribution in [-0.2, 0) is 36.1 Å². The van der Waals surface area contributed by atoms with Crippen LogP contribution < -0.4 is 18.9 Å². The number of rotatable bonds is 10. The molecule has 0 rings (SSSR count). The number of unbranched alkanes of at least 4 members (excludes halogenated alkanes) is 2. The monoisotopic (exact) mass is 408 g/mol. The molecule has 0 radical (unpaired) electrons. The Morgan fingerprint density at radius 1 is 0.731 bits per heavy atom. The zero-order valence-corrected chi connectivity index (χ0v) is 18.5. The molecule has 0 spiro atoms. The Hall–Kier alpha value is -0.463. The Labute approximate surface area is 183 Å². The van der Waals surface area contributed by atoms with Gasteiger partial charge in [-0.25, -0.2) is 11.1 Å². The fourth-order valence-corrected chi connectivity index (χ4v) is 1.69. The van der Waals surface area contributed by atoms with E-state index in [0.717, 1.165) is 49.7 Å². The molecule has 0 aromatic carbocycles. The number of hydrogen-bond donors (Lipinski definition) is 0. The number of hydrogen-bond acceptors (Lipinski definition) is 4. The van der Waals surface area contributed by atoms with E-state index in [-0.39, 0.29) is 47.9 Å². The van der Waals surface area contributed by atoms with Crippen LogP contribution in [0.25, 0.3) is 0 Å². The quantitative estimate of drug-likeness (QED) is 0.240. The Bertz CT molecular complexity index is 369. The number of ether oxygens (including phenoxy) is 2. The predicted octanol–water partition coefficient (Wildman–Crippen LogP) is 1.98. The van der Waals surface area contributed by atoms with Gasteiger partial charge in [0.05, 0.1) is 13.2 Å². The van der Waals surface area contributed by atoms with Crippen molar-refractivity contribution in [3.8, 4) is 0 Å². The van der Waals surface area contributed by atoms with Gasteiger partial charge in [0.25, 0.3) is 0 Å². The second-order valence-electron chi connectivity index (χ2n) is 5.46. The van der Waals surface area contributed by atoms with Gasteiger partial charge in [-0.1, -0.05) is 66.2 Å². The van der Waals surface area contributed by atoms with E-state index in [9.17, 15) is 9.59 Å². The van der Waals surface area contributed by atoms with Crippen molar-refractivity contribution in [2.75, 3.05) is 13.2 Å². The SMILES string of the molecule is CCCCC(C)=[C-]C(=O)OCC.CCCCC(C)=[C-]C(=O)OCC.[Cu+].[Li+]. The smallest absolute Gasteiger partial charge is 0.490 e. The van der Waals surface area contributed by atoms with Crippen molar-refractivity contribution in [3.05, 3.63) is 23.3 Å². The van der Waals surface area contributed by atoms with Gasteiger partial charge in [-0.3, -0.25) is 9.59 Å². The van der Waals surface area contributed by atoms with Crippen LogP contribution in [0.4, 0.5) is 0 Å². The number of esters is 2. The van der Waals surface area contributed by atoms with E-state index in [0.29, 0.717) is 13.2 Å². The first-order valence-electron chi connectivity index (χ1n) is 8.93. The Balaban J connectivity index is -0.000000173. The molecule has 0 aromatic rings. The minimum absolute atomic E-state index is 0. The van der Waals surface area contributed by atoms with E-state index in [1.165, 1.54) is 0 Å². The summed E-state index contributed by atoms with van der Waals surface area (Å²) in [4.78, 5) is 21.7.